The molecule has 0 aromatic carbocycles. The smallest absolute Gasteiger partial charge is 0.308 e. The molecule has 2 N–H and O–H groups in total. The number of hydrogen-bond donors (Lipinski definition) is 2. The van der Waals surface area contributed by atoms with Gasteiger partial charge < -0.3 is 24.3 Å². The Morgan fingerprint density at radius 2 is 0.915 bits per heavy atom. The molecule has 0 radical (unpaired) electrons. The number of ether oxygens (including phenoxy) is 2. The van der Waals surface area contributed by atoms with Gasteiger partial charge in [0, 0.05) is 38.6 Å². The molecule has 0 amide bonds. The number of hydrogen-bond acceptors (Lipinski definition) is 8. The number of aryl methyl sites for hydroxylation is 1. The Labute approximate surface area is 363 Å². The van der Waals surface area contributed by atoms with Gasteiger partial charge in [0.2, 0.25) is 0 Å². The van der Waals surface area contributed by atoms with Crippen molar-refractivity contribution in [3.63, 3.8) is 0 Å². The third-order valence-corrected chi connectivity index (χ3v) is 12.2. The van der Waals surface area contributed by atoms with E-state index in [9.17, 15) is 19.8 Å². The average Bonchev–Trinajstić information content (AvgIpc) is 3.64. The third kappa shape index (κ3) is 30.7. The molecule has 0 aliphatic rings. The van der Waals surface area contributed by atoms with Crippen molar-refractivity contribution < 1.29 is 29.3 Å². The van der Waals surface area contributed by atoms with Gasteiger partial charge in [0.1, 0.15) is 5.82 Å². The lowest BCUT2D eigenvalue weighted by atomic mass is 9.94. The zero-order valence-electron chi connectivity index (χ0n) is 39.3. The minimum absolute atomic E-state index is 0.00920. The summed E-state index contributed by atoms with van der Waals surface area (Å²) in [5.41, 5.74) is 0. The summed E-state index contributed by atoms with van der Waals surface area (Å²) in [7, 11) is 0. The van der Waals surface area contributed by atoms with E-state index in [-0.39, 0.29) is 23.8 Å². The van der Waals surface area contributed by atoms with Crippen molar-refractivity contribution in [2.24, 2.45) is 11.8 Å². The zero-order valence-corrected chi connectivity index (χ0v) is 39.3. The number of rotatable bonds is 43. The SMILES string of the molecule is CCCCCCCCC(CCCCCC)C(=O)OCCCCC(O)CN(CCn1ccnc1C)CC(O)CCCCOC(=O)C(CCCCCC)CCCCCCCC. The van der Waals surface area contributed by atoms with E-state index in [4.69, 9.17) is 9.47 Å². The van der Waals surface area contributed by atoms with Gasteiger partial charge in [-0.05, 0) is 71.1 Å². The molecule has 0 saturated heterocycles. The second-order valence-electron chi connectivity index (χ2n) is 17.8. The molecule has 4 unspecified atom stereocenters. The van der Waals surface area contributed by atoms with Gasteiger partial charge in [-0.1, -0.05) is 156 Å². The lowest BCUT2D eigenvalue weighted by Gasteiger charge is -2.28. The highest BCUT2D eigenvalue weighted by Crippen LogP contribution is 2.22. The number of carbonyl (C=O) groups excluding carboxylic acids is 2. The summed E-state index contributed by atoms with van der Waals surface area (Å²) in [5.74, 6) is 0.897. The van der Waals surface area contributed by atoms with Gasteiger partial charge in [0.15, 0.2) is 0 Å². The largest absolute Gasteiger partial charge is 0.465 e. The minimum Gasteiger partial charge on any atom is -0.465 e. The van der Waals surface area contributed by atoms with Gasteiger partial charge in [0.05, 0.1) is 37.3 Å². The summed E-state index contributed by atoms with van der Waals surface area (Å²) in [6.07, 6.45) is 34.8. The Morgan fingerprint density at radius 1 is 0.559 bits per heavy atom. The van der Waals surface area contributed by atoms with Crippen LogP contribution < -0.4 is 0 Å². The molecule has 346 valence electrons. The molecule has 1 rings (SSSR count). The number of carbonyl (C=O) groups is 2. The normalized spacial score (nSPS) is 13.8. The summed E-state index contributed by atoms with van der Waals surface area (Å²) in [5, 5.41) is 22.2. The molecule has 0 bridgehead atoms. The predicted octanol–water partition coefficient (Wildman–Crippen LogP) is 12.3. The molecule has 0 spiro atoms. The molecule has 1 aromatic rings. The first-order valence-electron chi connectivity index (χ1n) is 25.1. The van der Waals surface area contributed by atoms with Crippen molar-refractivity contribution in [2.45, 2.75) is 246 Å². The fourth-order valence-electron chi connectivity index (χ4n) is 8.21. The lowest BCUT2D eigenvalue weighted by Crippen LogP contribution is -2.40. The van der Waals surface area contributed by atoms with Gasteiger partial charge in [-0.2, -0.15) is 0 Å². The predicted molar refractivity (Wildman–Crippen MR) is 246 cm³/mol. The summed E-state index contributed by atoms with van der Waals surface area (Å²) in [4.78, 5) is 32.7. The first kappa shape index (κ1) is 55.0. The van der Waals surface area contributed by atoms with Crippen molar-refractivity contribution in [1.29, 1.82) is 0 Å². The van der Waals surface area contributed by atoms with Crippen LogP contribution in [0.4, 0.5) is 0 Å². The molecule has 1 heterocycles. The minimum atomic E-state index is -0.536. The van der Waals surface area contributed by atoms with Gasteiger partial charge in [0.25, 0.3) is 0 Å². The van der Waals surface area contributed by atoms with Crippen LogP contribution in [-0.2, 0) is 25.6 Å². The van der Waals surface area contributed by atoms with Crippen LogP contribution in [0.15, 0.2) is 12.4 Å². The van der Waals surface area contributed by atoms with Crippen LogP contribution in [0.5, 0.6) is 0 Å². The lowest BCUT2D eigenvalue weighted by molar-refractivity contribution is -0.150. The number of unbranched alkanes of at least 4 members (excludes halogenated alkanes) is 18. The maximum atomic E-state index is 13.1. The molecule has 9 nitrogen and oxygen atoms in total. The summed E-state index contributed by atoms with van der Waals surface area (Å²) >= 11 is 0. The van der Waals surface area contributed by atoms with E-state index < -0.39 is 12.2 Å². The highest BCUT2D eigenvalue weighted by atomic mass is 16.5. The topological polar surface area (TPSA) is 114 Å². The number of aliphatic hydroxyl groups excluding tert-OH is 2. The monoisotopic (exact) mass is 834 g/mol. The summed E-state index contributed by atoms with van der Waals surface area (Å²) < 4.78 is 13.7. The molecule has 9 heteroatoms. The molecule has 0 aliphatic heterocycles. The van der Waals surface area contributed by atoms with Crippen LogP contribution in [0.1, 0.15) is 226 Å². The second kappa shape index (κ2) is 38.9. The van der Waals surface area contributed by atoms with E-state index in [1.165, 1.54) is 103 Å². The zero-order chi connectivity index (χ0) is 43.2. The molecule has 0 aliphatic carbocycles. The third-order valence-electron chi connectivity index (χ3n) is 12.2. The molecule has 1 aromatic heterocycles. The number of aromatic nitrogens is 2. The number of aliphatic hydroxyl groups is 2. The van der Waals surface area contributed by atoms with Crippen LogP contribution in [0.3, 0.4) is 0 Å². The van der Waals surface area contributed by atoms with E-state index >= 15 is 0 Å². The van der Waals surface area contributed by atoms with E-state index in [1.54, 1.807) is 6.20 Å². The van der Waals surface area contributed by atoms with Crippen LogP contribution in [0, 0.1) is 18.8 Å². The van der Waals surface area contributed by atoms with Crippen LogP contribution in [0.25, 0.3) is 0 Å². The van der Waals surface area contributed by atoms with E-state index in [0.717, 1.165) is 89.4 Å². The van der Waals surface area contributed by atoms with Gasteiger partial charge in [-0.15, -0.1) is 0 Å². The van der Waals surface area contributed by atoms with Gasteiger partial charge in [-0.25, -0.2) is 4.98 Å². The highest BCUT2D eigenvalue weighted by Gasteiger charge is 2.21. The quantitative estimate of drug-likeness (QED) is 0.0494. The Kier molecular flexibility index (Phi) is 36.3. The van der Waals surface area contributed by atoms with Crippen molar-refractivity contribution in [2.75, 3.05) is 32.8 Å². The Morgan fingerprint density at radius 3 is 1.29 bits per heavy atom. The Hall–Kier alpha value is -1.97. The molecular formula is C50H95N3O6. The van der Waals surface area contributed by atoms with E-state index in [2.05, 4.69) is 42.1 Å². The molecular weight excluding hydrogens is 739 g/mol. The molecule has 59 heavy (non-hydrogen) atoms. The second-order valence-corrected chi connectivity index (χ2v) is 17.8. The molecule has 0 fully saturated rings. The van der Waals surface area contributed by atoms with E-state index in [0.29, 0.717) is 45.7 Å². The fraction of sp³-hybridized carbons (Fsp3) is 0.900. The standard InChI is InChI=1S/C50H95N3O6/c1-6-10-14-18-20-24-32-45(30-22-16-12-8-3)49(56)58-40-28-26-34-47(54)42-52(38-39-53-37-36-51-44(53)5)43-48(55)35-27-29-41-59-50(57)46(31-23-17-13-9-4)33-25-21-19-15-11-7-2/h36-37,45-48,54-55H,6-35,38-43H2,1-5H3. The van der Waals surface area contributed by atoms with E-state index in [1.807, 2.05) is 13.1 Å². The first-order chi connectivity index (χ1) is 28.7. The molecule has 0 saturated carbocycles. The maximum Gasteiger partial charge on any atom is 0.308 e. The number of esters is 2. The average molecular weight is 834 g/mol. The maximum absolute atomic E-state index is 13.1. The van der Waals surface area contributed by atoms with Gasteiger partial charge in [-0.3, -0.25) is 14.5 Å². The van der Waals surface area contributed by atoms with Crippen LogP contribution in [-0.4, -0.2) is 81.7 Å². The van der Waals surface area contributed by atoms with Crippen molar-refractivity contribution in [3.05, 3.63) is 18.2 Å². The molecule has 4 atom stereocenters. The van der Waals surface area contributed by atoms with Crippen molar-refractivity contribution in [3.8, 4) is 0 Å². The van der Waals surface area contributed by atoms with Crippen molar-refractivity contribution >= 4 is 11.9 Å². The Bertz CT molecular complexity index is 1040. The first-order valence-corrected chi connectivity index (χ1v) is 25.1. The van der Waals surface area contributed by atoms with Gasteiger partial charge >= 0.3 is 11.9 Å². The Balaban J connectivity index is 2.53. The number of imidazole rings is 1. The highest BCUT2D eigenvalue weighted by molar-refractivity contribution is 5.72. The van der Waals surface area contributed by atoms with Crippen molar-refractivity contribution in [1.82, 2.24) is 14.5 Å². The summed E-state index contributed by atoms with van der Waals surface area (Å²) in [6, 6.07) is 0. The number of nitrogens with zero attached hydrogens (tertiary/aromatic N) is 3. The van der Waals surface area contributed by atoms with Crippen LogP contribution >= 0.6 is 0 Å². The fourth-order valence-corrected chi connectivity index (χ4v) is 8.21. The summed E-state index contributed by atoms with van der Waals surface area (Å²) in [6.45, 7) is 14.1. The van der Waals surface area contributed by atoms with Crippen LogP contribution in [0.2, 0.25) is 0 Å².